The van der Waals surface area contributed by atoms with Crippen LogP contribution in [-0.2, 0) is 16.0 Å². The number of ether oxygens (including phenoxy) is 3. The monoisotopic (exact) mass is 546 g/mol. The van der Waals surface area contributed by atoms with Crippen molar-refractivity contribution < 1.29 is 34.0 Å². The molecule has 212 valence electrons. The van der Waals surface area contributed by atoms with Crippen LogP contribution in [0.25, 0.3) is 6.08 Å². The quantitative estimate of drug-likeness (QED) is 0.476. The third kappa shape index (κ3) is 3.37. The fourth-order valence-electron chi connectivity index (χ4n) is 7.44. The van der Waals surface area contributed by atoms with Crippen LogP contribution in [0, 0.1) is 11.8 Å². The van der Waals surface area contributed by atoms with Gasteiger partial charge in [-0.15, -0.1) is 0 Å². The van der Waals surface area contributed by atoms with E-state index in [-0.39, 0.29) is 47.6 Å². The number of benzene rings is 1. The Hall–Kier alpha value is -3.16. The Labute approximate surface area is 235 Å². The van der Waals surface area contributed by atoms with E-state index in [4.69, 9.17) is 14.2 Å². The average molecular weight is 547 g/mol. The summed E-state index contributed by atoms with van der Waals surface area (Å²) < 4.78 is 20.2. The molecule has 7 heteroatoms. The molecule has 0 radical (unpaired) electrons. The van der Waals surface area contributed by atoms with Crippen molar-refractivity contribution in [2.24, 2.45) is 11.8 Å². The van der Waals surface area contributed by atoms with Crippen molar-refractivity contribution in [2.75, 3.05) is 6.61 Å². The molecular formula is C33H38O7. The second kappa shape index (κ2) is 8.43. The first-order valence-electron chi connectivity index (χ1n) is 14.1. The maximum absolute atomic E-state index is 14.5. The van der Waals surface area contributed by atoms with E-state index >= 15 is 0 Å². The lowest BCUT2D eigenvalue weighted by Gasteiger charge is -2.56. The minimum atomic E-state index is -1.45. The molecule has 7 rings (SSSR count). The van der Waals surface area contributed by atoms with Gasteiger partial charge in [0, 0.05) is 29.4 Å². The van der Waals surface area contributed by atoms with E-state index < -0.39 is 28.3 Å². The molecule has 1 aromatic carbocycles. The molecule has 3 aliphatic heterocycles. The Morgan fingerprint density at radius 1 is 1.07 bits per heavy atom. The predicted octanol–water partition coefficient (Wildman–Crippen LogP) is 5.42. The Kier molecular flexibility index (Phi) is 5.70. The first kappa shape index (κ1) is 27.0. The molecule has 1 saturated heterocycles. The van der Waals surface area contributed by atoms with Crippen molar-refractivity contribution in [3.8, 4) is 17.2 Å². The van der Waals surface area contributed by atoms with Gasteiger partial charge in [-0.3, -0.25) is 9.59 Å². The van der Waals surface area contributed by atoms with Gasteiger partial charge in [0.25, 0.3) is 0 Å². The number of phenols is 1. The SMILES string of the molecule is CC(C)=CCc1c2c(c(O)c3c1OC14C(=CC5CC1C(C)(C)OC4(C/C=C(\C)CO)C5=O)C3=O)C=CC(C)(C)O2. The van der Waals surface area contributed by atoms with Crippen molar-refractivity contribution in [3.63, 3.8) is 0 Å². The zero-order chi connectivity index (χ0) is 29.0. The van der Waals surface area contributed by atoms with Crippen LogP contribution in [0.3, 0.4) is 0 Å². The van der Waals surface area contributed by atoms with Crippen LogP contribution >= 0.6 is 0 Å². The summed E-state index contributed by atoms with van der Waals surface area (Å²) in [6.45, 7) is 13.4. The minimum Gasteiger partial charge on any atom is -0.506 e. The van der Waals surface area contributed by atoms with Crippen LogP contribution in [-0.4, -0.2) is 50.8 Å². The van der Waals surface area contributed by atoms with Crippen LogP contribution < -0.4 is 9.47 Å². The van der Waals surface area contributed by atoms with Gasteiger partial charge in [0.1, 0.15) is 28.4 Å². The van der Waals surface area contributed by atoms with Crippen molar-refractivity contribution >= 4 is 17.6 Å². The zero-order valence-electron chi connectivity index (χ0n) is 24.3. The largest absolute Gasteiger partial charge is 0.506 e. The normalized spacial score (nSPS) is 32.0. The lowest BCUT2D eigenvalue weighted by molar-refractivity contribution is -0.171. The molecule has 2 N–H and O–H groups in total. The summed E-state index contributed by atoms with van der Waals surface area (Å²) in [4.78, 5) is 28.7. The summed E-state index contributed by atoms with van der Waals surface area (Å²) in [6.07, 6.45) is 10.4. The summed E-state index contributed by atoms with van der Waals surface area (Å²) in [5.41, 5.74) is -0.823. The fourth-order valence-corrected chi connectivity index (χ4v) is 7.44. The zero-order valence-corrected chi connectivity index (χ0v) is 24.3. The minimum absolute atomic E-state index is 0.107. The van der Waals surface area contributed by atoms with Gasteiger partial charge >= 0.3 is 0 Å². The lowest BCUT2D eigenvalue weighted by atomic mass is 9.51. The van der Waals surface area contributed by atoms with Gasteiger partial charge in [-0.05, 0) is 73.5 Å². The Morgan fingerprint density at radius 3 is 2.48 bits per heavy atom. The summed E-state index contributed by atoms with van der Waals surface area (Å²) in [7, 11) is 0. The number of Topliss-reactive ketones (excluding diaryl/α,β-unsaturated/α-hetero) is 2. The Morgan fingerprint density at radius 2 is 1.80 bits per heavy atom. The molecule has 2 fully saturated rings. The van der Waals surface area contributed by atoms with Gasteiger partial charge in [-0.2, -0.15) is 0 Å². The van der Waals surface area contributed by atoms with Crippen LogP contribution in [0.15, 0.2) is 41.0 Å². The van der Waals surface area contributed by atoms with Gasteiger partial charge in [0.15, 0.2) is 22.8 Å². The maximum atomic E-state index is 14.5. The molecular weight excluding hydrogens is 508 g/mol. The topological polar surface area (TPSA) is 102 Å². The summed E-state index contributed by atoms with van der Waals surface area (Å²) in [6, 6.07) is 0. The number of aromatic hydroxyl groups is 1. The molecule has 1 aromatic rings. The molecule has 40 heavy (non-hydrogen) atoms. The van der Waals surface area contributed by atoms with Gasteiger partial charge in [-0.25, -0.2) is 0 Å². The number of carbonyl (C=O) groups excluding carboxylic acids is 2. The van der Waals surface area contributed by atoms with E-state index in [1.54, 1.807) is 13.0 Å². The van der Waals surface area contributed by atoms with E-state index in [0.29, 0.717) is 40.9 Å². The van der Waals surface area contributed by atoms with Crippen LogP contribution in [0.4, 0.5) is 0 Å². The highest BCUT2D eigenvalue weighted by molar-refractivity contribution is 6.19. The Bertz CT molecular complexity index is 1480. The number of fused-ring (bicyclic) bond motifs is 2. The molecule has 0 aromatic heterocycles. The van der Waals surface area contributed by atoms with E-state index in [2.05, 4.69) is 0 Å². The standard InChI is InChI=1S/C33H38O7/c1-17(2)8-9-21-27-20(11-12-30(4,5)38-27)25(35)24-26(36)22-14-19-15-23-31(6,7)40-32(29(19)37,13-10-18(3)16-34)33(22,23)39-28(21)24/h8,10-12,14,19,23,34-35H,9,13,15-16H2,1-7H3/b18-10+. The Balaban J connectivity index is 1.66. The molecule has 4 unspecified atom stereocenters. The molecule has 6 aliphatic rings. The fraction of sp³-hybridized carbons (Fsp3) is 0.515. The predicted molar refractivity (Wildman–Crippen MR) is 151 cm³/mol. The third-order valence-electron chi connectivity index (χ3n) is 9.32. The van der Waals surface area contributed by atoms with E-state index in [0.717, 1.165) is 5.57 Å². The highest BCUT2D eigenvalue weighted by atomic mass is 16.6. The molecule has 3 heterocycles. The maximum Gasteiger partial charge on any atom is 0.200 e. The highest BCUT2D eigenvalue weighted by Crippen LogP contribution is 2.68. The number of hydrogen-bond acceptors (Lipinski definition) is 7. The van der Waals surface area contributed by atoms with Crippen molar-refractivity contribution in [2.45, 2.75) is 90.1 Å². The van der Waals surface area contributed by atoms with Crippen LogP contribution in [0.5, 0.6) is 17.2 Å². The van der Waals surface area contributed by atoms with Gasteiger partial charge < -0.3 is 24.4 Å². The van der Waals surface area contributed by atoms with Crippen molar-refractivity contribution in [1.29, 1.82) is 0 Å². The number of aliphatic hydroxyl groups is 1. The molecule has 1 spiro atoms. The first-order valence-corrected chi connectivity index (χ1v) is 14.1. The van der Waals surface area contributed by atoms with E-state index in [1.165, 1.54) is 0 Å². The van der Waals surface area contributed by atoms with Gasteiger partial charge in [-0.1, -0.05) is 29.4 Å². The molecule has 1 saturated carbocycles. The van der Waals surface area contributed by atoms with Gasteiger partial charge in [0.05, 0.1) is 17.8 Å². The van der Waals surface area contributed by atoms with E-state index in [1.807, 2.05) is 65.8 Å². The summed E-state index contributed by atoms with van der Waals surface area (Å²) in [5, 5.41) is 21.3. The van der Waals surface area contributed by atoms with Gasteiger partial charge in [0.2, 0.25) is 0 Å². The average Bonchev–Trinajstić information content (AvgIpc) is 3.03. The number of phenolic OH excluding ortho intramolecular Hbond substituents is 1. The third-order valence-corrected chi connectivity index (χ3v) is 9.32. The second-order valence-electron chi connectivity index (χ2n) is 13.2. The smallest absolute Gasteiger partial charge is 0.200 e. The molecule has 3 aliphatic carbocycles. The summed E-state index contributed by atoms with van der Waals surface area (Å²) in [5.74, 6) is -0.661. The number of ketones is 2. The second-order valence-corrected chi connectivity index (χ2v) is 13.2. The van der Waals surface area contributed by atoms with Crippen LogP contribution in [0.2, 0.25) is 0 Å². The lowest BCUT2D eigenvalue weighted by Crippen LogP contribution is -2.72. The van der Waals surface area contributed by atoms with Crippen LogP contribution in [0.1, 0.15) is 82.8 Å². The first-order chi connectivity index (χ1) is 18.7. The number of carbonyl (C=O) groups is 2. The number of hydrogen-bond donors (Lipinski definition) is 2. The number of aliphatic hydroxyl groups excluding tert-OH is 1. The van der Waals surface area contributed by atoms with Crippen molar-refractivity contribution in [1.82, 2.24) is 0 Å². The molecule has 0 amide bonds. The molecule has 7 nitrogen and oxygen atoms in total. The highest BCUT2D eigenvalue weighted by Gasteiger charge is 2.81. The number of allylic oxidation sites excluding steroid dienone is 3. The summed E-state index contributed by atoms with van der Waals surface area (Å²) >= 11 is 0. The number of rotatable bonds is 5. The van der Waals surface area contributed by atoms with E-state index in [9.17, 15) is 19.8 Å². The van der Waals surface area contributed by atoms with Crippen molar-refractivity contribution in [3.05, 3.63) is 57.7 Å². The molecule has 4 bridgehead atoms. The molecule has 4 atom stereocenters.